The summed E-state index contributed by atoms with van der Waals surface area (Å²) in [5.41, 5.74) is 7.50. The first-order valence-electron chi connectivity index (χ1n) is 7.65. The highest BCUT2D eigenvalue weighted by Crippen LogP contribution is 2.37. The molecule has 0 N–H and O–H groups in total. The van der Waals surface area contributed by atoms with Crippen molar-refractivity contribution in [2.75, 3.05) is 4.90 Å². The van der Waals surface area contributed by atoms with Gasteiger partial charge < -0.3 is 4.90 Å². The van der Waals surface area contributed by atoms with Gasteiger partial charge in [0.1, 0.15) is 0 Å². The van der Waals surface area contributed by atoms with Gasteiger partial charge in [0.15, 0.2) is 0 Å². The molecule has 3 aromatic carbocycles. The fourth-order valence-corrected chi connectivity index (χ4v) is 2.75. The van der Waals surface area contributed by atoms with E-state index in [1.54, 1.807) is 0 Å². The molecule has 0 spiro atoms. The summed E-state index contributed by atoms with van der Waals surface area (Å²) in [7, 11) is 0. The molecule has 0 aliphatic heterocycles. The molecule has 3 rings (SSSR count). The lowest BCUT2D eigenvalue weighted by molar-refractivity contribution is 1.22. The molecule has 0 amide bonds. The van der Waals surface area contributed by atoms with E-state index in [-0.39, 0.29) is 0 Å². The predicted molar refractivity (Wildman–Crippen MR) is 95.3 cm³/mol. The molecular weight excluding hydrogens is 266 g/mol. The van der Waals surface area contributed by atoms with Crippen LogP contribution in [-0.2, 0) is 0 Å². The van der Waals surface area contributed by atoms with Crippen LogP contribution in [0, 0.1) is 20.8 Å². The van der Waals surface area contributed by atoms with Crippen LogP contribution in [0.3, 0.4) is 0 Å². The molecule has 0 radical (unpaired) electrons. The van der Waals surface area contributed by atoms with Crippen molar-refractivity contribution in [3.05, 3.63) is 89.5 Å². The second-order valence-electron chi connectivity index (χ2n) is 5.73. The average molecular weight is 287 g/mol. The summed E-state index contributed by atoms with van der Waals surface area (Å²) in [5, 5.41) is 0. The standard InChI is InChI=1S/C21H21N/c1-16-9-7-13-20(15-16)22(19-11-5-4-6-12-19)21-14-8-10-17(2)18(21)3/h4-15H,1-3H3. The summed E-state index contributed by atoms with van der Waals surface area (Å²) in [4.78, 5) is 2.33. The molecule has 0 heterocycles. The van der Waals surface area contributed by atoms with Crippen LogP contribution < -0.4 is 4.90 Å². The number of anilines is 3. The van der Waals surface area contributed by atoms with Gasteiger partial charge in [-0.2, -0.15) is 0 Å². The van der Waals surface area contributed by atoms with Crippen LogP contribution in [0.1, 0.15) is 16.7 Å². The normalized spacial score (nSPS) is 10.5. The van der Waals surface area contributed by atoms with E-state index in [2.05, 4.69) is 98.5 Å². The minimum absolute atomic E-state index is 1.18. The van der Waals surface area contributed by atoms with E-state index in [0.717, 1.165) is 0 Å². The Morgan fingerprint density at radius 2 is 1.32 bits per heavy atom. The van der Waals surface area contributed by atoms with Crippen LogP contribution in [0.25, 0.3) is 0 Å². The van der Waals surface area contributed by atoms with Crippen molar-refractivity contribution >= 4 is 17.1 Å². The summed E-state index contributed by atoms with van der Waals surface area (Å²) in [6.07, 6.45) is 0. The number of para-hydroxylation sites is 1. The first-order valence-corrected chi connectivity index (χ1v) is 7.65. The van der Waals surface area contributed by atoms with Gasteiger partial charge in [0.25, 0.3) is 0 Å². The van der Waals surface area contributed by atoms with E-state index in [9.17, 15) is 0 Å². The Bertz CT molecular complexity index is 775. The van der Waals surface area contributed by atoms with Crippen molar-refractivity contribution in [2.24, 2.45) is 0 Å². The van der Waals surface area contributed by atoms with Crippen molar-refractivity contribution in [2.45, 2.75) is 20.8 Å². The molecule has 0 unspecified atom stereocenters. The lowest BCUT2D eigenvalue weighted by Gasteiger charge is -2.27. The second-order valence-corrected chi connectivity index (χ2v) is 5.73. The molecular formula is C21H21N. The smallest absolute Gasteiger partial charge is 0.0493 e. The Balaban J connectivity index is 2.22. The average Bonchev–Trinajstić information content (AvgIpc) is 2.53. The number of hydrogen-bond acceptors (Lipinski definition) is 1. The second kappa shape index (κ2) is 6.07. The summed E-state index contributed by atoms with van der Waals surface area (Å²) in [6, 6.07) is 25.7. The van der Waals surface area contributed by atoms with Crippen LogP contribution >= 0.6 is 0 Å². The predicted octanol–water partition coefficient (Wildman–Crippen LogP) is 6.08. The number of benzene rings is 3. The monoisotopic (exact) mass is 287 g/mol. The third-order valence-electron chi connectivity index (χ3n) is 4.09. The summed E-state index contributed by atoms with van der Waals surface area (Å²) in [6.45, 7) is 6.49. The molecule has 1 heteroatoms. The van der Waals surface area contributed by atoms with Gasteiger partial charge in [0.2, 0.25) is 0 Å². The van der Waals surface area contributed by atoms with Crippen LogP contribution in [0.2, 0.25) is 0 Å². The molecule has 0 aromatic heterocycles. The molecule has 0 bridgehead atoms. The fourth-order valence-electron chi connectivity index (χ4n) is 2.75. The summed E-state index contributed by atoms with van der Waals surface area (Å²) < 4.78 is 0. The zero-order valence-electron chi connectivity index (χ0n) is 13.4. The third-order valence-corrected chi connectivity index (χ3v) is 4.09. The minimum atomic E-state index is 1.18. The Labute approximate surface area is 132 Å². The lowest BCUT2D eigenvalue weighted by atomic mass is 10.1. The number of aryl methyl sites for hydroxylation is 2. The molecule has 0 saturated carbocycles. The molecule has 0 saturated heterocycles. The van der Waals surface area contributed by atoms with E-state index in [4.69, 9.17) is 0 Å². The number of rotatable bonds is 3. The van der Waals surface area contributed by atoms with E-state index in [1.807, 2.05) is 0 Å². The summed E-state index contributed by atoms with van der Waals surface area (Å²) in [5.74, 6) is 0. The van der Waals surface area contributed by atoms with Crippen LogP contribution in [-0.4, -0.2) is 0 Å². The van der Waals surface area contributed by atoms with Crippen LogP contribution in [0.15, 0.2) is 72.8 Å². The molecule has 0 atom stereocenters. The molecule has 1 nitrogen and oxygen atoms in total. The SMILES string of the molecule is Cc1cccc(N(c2ccccc2)c2cccc(C)c2C)c1. The number of hydrogen-bond donors (Lipinski definition) is 0. The molecule has 22 heavy (non-hydrogen) atoms. The fraction of sp³-hybridized carbons (Fsp3) is 0.143. The Kier molecular flexibility index (Phi) is 3.97. The third kappa shape index (κ3) is 2.75. The molecule has 3 aromatic rings. The first-order chi connectivity index (χ1) is 10.7. The molecule has 0 aliphatic rings. The topological polar surface area (TPSA) is 3.24 Å². The van der Waals surface area contributed by atoms with Gasteiger partial charge >= 0.3 is 0 Å². The Morgan fingerprint density at radius 1 is 0.636 bits per heavy atom. The van der Waals surface area contributed by atoms with Crippen molar-refractivity contribution in [1.82, 2.24) is 0 Å². The van der Waals surface area contributed by atoms with Crippen LogP contribution in [0.5, 0.6) is 0 Å². The van der Waals surface area contributed by atoms with Crippen molar-refractivity contribution in [1.29, 1.82) is 0 Å². The largest absolute Gasteiger partial charge is 0.310 e. The van der Waals surface area contributed by atoms with Crippen molar-refractivity contribution < 1.29 is 0 Å². The minimum Gasteiger partial charge on any atom is -0.310 e. The van der Waals surface area contributed by atoms with Gasteiger partial charge in [-0.3, -0.25) is 0 Å². The zero-order valence-corrected chi connectivity index (χ0v) is 13.4. The zero-order chi connectivity index (χ0) is 15.5. The van der Waals surface area contributed by atoms with Crippen LogP contribution in [0.4, 0.5) is 17.1 Å². The molecule has 0 aliphatic carbocycles. The van der Waals surface area contributed by atoms with Gasteiger partial charge in [-0.1, -0.05) is 42.5 Å². The van der Waals surface area contributed by atoms with Crippen molar-refractivity contribution in [3.63, 3.8) is 0 Å². The van der Waals surface area contributed by atoms with Gasteiger partial charge in [0.05, 0.1) is 0 Å². The van der Waals surface area contributed by atoms with Gasteiger partial charge in [0, 0.05) is 17.1 Å². The maximum absolute atomic E-state index is 2.33. The molecule has 0 fully saturated rings. The quantitative estimate of drug-likeness (QED) is 0.564. The first kappa shape index (κ1) is 14.4. The van der Waals surface area contributed by atoms with Gasteiger partial charge in [-0.25, -0.2) is 0 Å². The maximum Gasteiger partial charge on any atom is 0.0493 e. The van der Waals surface area contributed by atoms with E-state index < -0.39 is 0 Å². The van der Waals surface area contributed by atoms with E-state index in [0.29, 0.717) is 0 Å². The molecule has 110 valence electrons. The summed E-state index contributed by atoms with van der Waals surface area (Å²) >= 11 is 0. The lowest BCUT2D eigenvalue weighted by Crippen LogP contribution is -2.11. The maximum atomic E-state index is 2.33. The van der Waals surface area contributed by atoms with Gasteiger partial charge in [-0.05, 0) is 67.8 Å². The van der Waals surface area contributed by atoms with Crippen molar-refractivity contribution in [3.8, 4) is 0 Å². The Morgan fingerprint density at radius 3 is 2.05 bits per heavy atom. The highest BCUT2D eigenvalue weighted by molar-refractivity contribution is 5.79. The number of nitrogens with zero attached hydrogens (tertiary/aromatic N) is 1. The van der Waals surface area contributed by atoms with E-state index >= 15 is 0 Å². The Hall–Kier alpha value is -2.54. The van der Waals surface area contributed by atoms with Gasteiger partial charge in [-0.15, -0.1) is 0 Å². The highest BCUT2D eigenvalue weighted by atomic mass is 15.1. The van der Waals surface area contributed by atoms with E-state index in [1.165, 1.54) is 33.8 Å². The highest BCUT2D eigenvalue weighted by Gasteiger charge is 2.14.